The number of nitro benzene ring substituents is 1. The molecule has 0 saturated carbocycles. The molecule has 2 aromatic carbocycles. The molecule has 0 fully saturated rings. The summed E-state index contributed by atoms with van der Waals surface area (Å²) in [4.78, 5) is 10.3. The number of hydrogen-bond donors (Lipinski definition) is 1. The second-order valence-corrected chi connectivity index (χ2v) is 5.24. The van der Waals surface area contributed by atoms with E-state index >= 15 is 0 Å². The van der Waals surface area contributed by atoms with Crippen LogP contribution in [-0.4, -0.2) is 19.9 Å². The van der Waals surface area contributed by atoms with Gasteiger partial charge in [-0.3, -0.25) is 10.1 Å². The van der Waals surface area contributed by atoms with Crippen molar-refractivity contribution in [2.45, 2.75) is 13.6 Å². The van der Waals surface area contributed by atoms with Gasteiger partial charge >= 0.3 is 0 Å². The van der Waals surface area contributed by atoms with Crippen molar-refractivity contribution in [3.63, 3.8) is 0 Å². The van der Waals surface area contributed by atoms with Gasteiger partial charge in [0.1, 0.15) is 12.2 Å². The summed E-state index contributed by atoms with van der Waals surface area (Å²) in [7, 11) is 0. The molecule has 0 saturated heterocycles. The van der Waals surface area contributed by atoms with Crippen LogP contribution in [0.1, 0.15) is 5.56 Å². The zero-order valence-corrected chi connectivity index (χ0v) is 12.4. The lowest BCUT2D eigenvalue weighted by atomic mass is 10.2. The molecule has 1 aromatic heterocycles. The molecule has 1 N–H and O–H groups in total. The normalized spacial score (nSPS) is 10.8. The molecule has 112 valence electrons. The van der Waals surface area contributed by atoms with E-state index in [1.807, 2.05) is 25.1 Å². The van der Waals surface area contributed by atoms with Crippen LogP contribution in [0.5, 0.6) is 0 Å². The number of nitro groups is 1. The van der Waals surface area contributed by atoms with E-state index in [0.717, 1.165) is 16.6 Å². The Balaban J connectivity index is 1.85. The van der Waals surface area contributed by atoms with E-state index in [9.17, 15) is 10.1 Å². The smallest absolute Gasteiger partial charge is 0.271 e. The highest BCUT2D eigenvalue weighted by Gasteiger charge is 2.10. The van der Waals surface area contributed by atoms with Crippen LogP contribution in [-0.2, 0) is 6.67 Å². The number of hydrogen-bond acceptors (Lipinski definition) is 5. The van der Waals surface area contributed by atoms with Crippen molar-refractivity contribution in [1.29, 1.82) is 0 Å². The average Bonchev–Trinajstić information content (AvgIpc) is 2.88. The minimum atomic E-state index is -0.463. The maximum Gasteiger partial charge on any atom is 0.271 e. The van der Waals surface area contributed by atoms with Crippen LogP contribution in [0.25, 0.3) is 11.0 Å². The summed E-state index contributed by atoms with van der Waals surface area (Å²) in [6, 6.07) is 10.1. The van der Waals surface area contributed by atoms with E-state index in [1.165, 1.54) is 18.2 Å². The number of fused-ring (bicyclic) bond motifs is 1. The highest BCUT2D eigenvalue weighted by Crippen LogP contribution is 2.26. The van der Waals surface area contributed by atoms with Gasteiger partial charge in [-0.1, -0.05) is 22.9 Å². The van der Waals surface area contributed by atoms with E-state index in [1.54, 1.807) is 4.68 Å². The molecule has 0 aliphatic rings. The van der Waals surface area contributed by atoms with Gasteiger partial charge in [0.25, 0.3) is 5.69 Å². The molecule has 0 spiro atoms. The van der Waals surface area contributed by atoms with Gasteiger partial charge in [0.2, 0.25) is 0 Å². The number of benzene rings is 2. The zero-order chi connectivity index (χ0) is 15.7. The Labute approximate surface area is 130 Å². The molecular weight excluding hydrogens is 306 g/mol. The topological polar surface area (TPSA) is 85.9 Å². The maximum atomic E-state index is 10.8. The molecule has 0 bridgehead atoms. The van der Waals surface area contributed by atoms with E-state index in [2.05, 4.69) is 15.6 Å². The van der Waals surface area contributed by atoms with Gasteiger partial charge < -0.3 is 5.32 Å². The summed E-state index contributed by atoms with van der Waals surface area (Å²) >= 11 is 6.05. The molecule has 0 amide bonds. The lowest BCUT2D eigenvalue weighted by molar-refractivity contribution is -0.384. The number of rotatable bonds is 4. The fourth-order valence-corrected chi connectivity index (χ4v) is 2.31. The van der Waals surface area contributed by atoms with Crippen LogP contribution in [0.4, 0.5) is 11.4 Å². The van der Waals surface area contributed by atoms with Gasteiger partial charge in [0, 0.05) is 12.1 Å². The highest BCUT2D eigenvalue weighted by molar-refractivity contribution is 6.33. The Kier molecular flexibility index (Phi) is 3.64. The van der Waals surface area contributed by atoms with E-state index in [0.29, 0.717) is 17.4 Å². The lowest BCUT2D eigenvalue weighted by Gasteiger charge is -2.08. The molecule has 0 radical (unpaired) electrons. The van der Waals surface area contributed by atoms with Gasteiger partial charge in [-0.05, 0) is 30.7 Å². The quantitative estimate of drug-likeness (QED) is 0.589. The summed E-state index contributed by atoms with van der Waals surface area (Å²) in [5.41, 5.74) is 3.23. The maximum absolute atomic E-state index is 10.8. The predicted octanol–water partition coefficient (Wildman–Crippen LogP) is 3.37. The van der Waals surface area contributed by atoms with Crippen molar-refractivity contribution in [3.8, 4) is 0 Å². The van der Waals surface area contributed by atoms with Crippen molar-refractivity contribution in [3.05, 3.63) is 57.1 Å². The highest BCUT2D eigenvalue weighted by atomic mass is 35.5. The molecule has 0 unspecified atom stereocenters. The Morgan fingerprint density at radius 2 is 2.14 bits per heavy atom. The first kappa shape index (κ1) is 14.3. The minimum absolute atomic E-state index is 0.0222. The summed E-state index contributed by atoms with van der Waals surface area (Å²) in [5, 5.41) is 22.4. The standard InChI is InChI=1S/C14H12ClN5O2/c1-9-2-5-14-13(6-9)17-18-19(14)8-16-12-7-10(20(21)22)3-4-11(12)15/h2-7,16H,8H2,1H3. The van der Waals surface area contributed by atoms with Gasteiger partial charge in [-0.25, -0.2) is 4.68 Å². The number of nitrogens with zero attached hydrogens (tertiary/aromatic N) is 4. The minimum Gasteiger partial charge on any atom is -0.365 e. The molecule has 1 heterocycles. The van der Waals surface area contributed by atoms with E-state index < -0.39 is 4.92 Å². The monoisotopic (exact) mass is 317 g/mol. The Morgan fingerprint density at radius 1 is 1.32 bits per heavy atom. The van der Waals surface area contributed by atoms with Crippen LogP contribution in [0.3, 0.4) is 0 Å². The second-order valence-electron chi connectivity index (χ2n) is 4.84. The first-order valence-electron chi connectivity index (χ1n) is 6.52. The molecule has 8 heteroatoms. The van der Waals surface area contributed by atoms with E-state index in [4.69, 9.17) is 11.6 Å². The van der Waals surface area contributed by atoms with E-state index in [-0.39, 0.29) is 5.69 Å². The molecular formula is C14H12ClN5O2. The molecule has 22 heavy (non-hydrogen) atoms. The van der Waals surface area contributed by atoms with Crippen molar-refractivity contribution in [2.75, 3.05) is 5.32 Å². The van der Waals surface area contributed by atoms with Crippen LogP contribution in [0.15, 0.2) is 36.4 Å². The summed E-state index contributed by atoms with van der Waals surface area (Å²) in [6.45, 7) is 2.29. The molecule has 3 aromatic rings. The fourth-order valence-electron chi connectivity index (χ4n) is 2.12. The molecule has 3 rings (SSSR count). The third-order valence-electron chi connectivity index (χ3n) is 3.25. The summed E-state index contributed by atoms with van der Waals surface area (Å²) < 4.78 is 1.67. The van der Waals surface area contributed by atoms with Gasteiger partial charge in [0.15, 0.2) is 0 Å². The number of halogens is 1. The van der Waals surface area contributed by atoms with Crippen molar-refractivity contribution >= 4 is 34.0 Å². The van der Waals surface area contributed by atoms with Crippen LogP contribution >= 0.6 is 11.6 Å². The zero-order valence-electron chi connectivity index (χ0n) is 11.7. The second kappa shape index (κ2) is 5.61. The first-order chi connectivity index (χ1) is 10.5. The SMILES string of the molecule is Cc1ccc2c(c1)nnn2CNc1cc([N+](=O)[O-])ccc1Cl. The largest absolute Gasteiger partial charge is 0.365 e. The van der Waals surface area contributed by atoms with Crippen molar-refractivity contribution < 1.29 is 4.92 Å². The van der Waals surface area contributed by atoms with Gasteiger partial charge in [-0.15, -0.1) is 5.10 Å². The Bertz CT molecular complexity index is 862. The fraction of sp³-hybridized carbons (Fsp3) is 0.143. The van der Waals surface area contributed by atoms with Crippen LogP contribution in [0.2, 0.25) is 5.02 Å². The molecule has 0 aliphatic heterocycles. The summed E-state index contributed by atoms with van der Waals surface area (Å²) in [5.74, 6) is 0. The molecule has 0 atom stereocenters. The number of nitrogens with one attached hydrogen (secondary N) is 1. The summed E-state index contributed by atoms with van der Waals surface area (Å²) in [6.07, 6.45) is 0. The van der Waals surface area contributed by atoms with Gasteiger partial charge in [0.05, 0.1) is 21.2 Å². The Hall–Kier alpha value is -2.67. The first-order valence-corrected chi connectivity index (χ1v) is 6.90. The predicted molar refractivity (Wildman–Crippen MR) is 84.0 cm³/mol. The van der Waals surface area contributed by atoms with Crippen molar-refractivity contribution in [1.82, 2.24) is 15.0 Å². The number of aryl methyl sites for hydroxylation is 1. The van der Waals surface area contributed by atoms with Crippen molar-refractivity contribution in [2.24, 2.45) is 0 Å². The molecule has 7 nitrogen and oxygen atoms in total. The third-order valence-corrected chi connectivity index (χ3v) is 3.58. The third kappa shape index (κ3) is 2.71. The van der Waals surface area contributed by atoms with Crippen LogP contribution < -0.4 is 5.32 Å². The lowest BCUT2D eigenvalue weighted by Crippen LogP contribution is -2.10. The van der Waals surface area contributed by atoms with Gasteiger partial charge in [-0.2, -0.15) is 0 Å². The number of aromatic nitrogens is 3. The average molecular weight is 318 g/mol. The number of non-ortho nitro benzene ring substituents is 1. The Morgan fingerprint density at radius 3 is 2.91 bits per heavy atom. The number of anilines is 1. The molecule has 0 aliphatic carbocycles. The van der Waals surface area contributed by atoms with Crippen LogP contribution in [0, 0.1) is 17.0 Å².